The standard InChI is InChI=1S/C40H59N7O6/c1-28(2)25-34(45-38(50)35(27-30-13-7-4-8-14-30)44-36(48)32(42)26-29-11-5-3-6-12-29)37(49)43-33(15-9-10-18-41)40(52)46-19-16-31(17-20-46)39(51)47-21-23-53-24-22-47/h3-8,11-14,28,31-35H,9-10,15-27,41-42H2,1-2H3,(H,43,49)(H,44,48)(H,45,50)/t32?,33-,34-,35-/m1/s1. The summed E-state index contributed by atoms with van der Waals surface area (Å²) in [7, 11) is 0. The van der Waals surface area contributed by atoms with E-state index in [4.69, 9.17) is 16.2 Å². The van der Waals surface area contributed by atoms with Crippen LogP contribution < -0.4 is 27.4 Å². The van der Waals surface area contributed by atoms with Crippen molar-refractivity contribution in [3.8, 4) is 0 Å². The number of unbranched alkanes of at least 4 members (excludes halogenated alkanes) is 1. The van der Waals surface area contributed by atoms with Crippen molar-refractivity contribution in [1.29, 1.82) is 0 Å². The first kappa shape index (κ1) is 41.4. The van der Waals surface area contributed by atoms with Crippen LogP contribution in [-0.4, -0.2) is 109 Å². The maximum atomic E-state index is 14.0. The summed E-state index contributed by atoms with van der Waals surface area (Å²) in [4.78, 5) is 71.8. The lowest BCUT2D eigenvalue weighted by atomic mass is 9.94. The predicted molar refractivity (Wildman–Crippen MR) is 203 cm³/mol. The predicted octanol–water partition coefficient (Wildman–Crippen LogP) is 1.53. The zero-order valence-electron chi connectivity index (χ0n) is 31.3. The molecule has 4 rings (SSSR count). The normalized spacial score (nSPS) is 17.4. The molecule has 0 saturated carbocycles. The number of benzene rings is 2. The highest BCUT2D eigenvalue weighted by Crippen LogP contribution is 2.22. The summed E-state index contributed by atoms with van der Waals surface area (Å²) in [5.41, 5.74) is 13.8. The van der Waals surface area contributed by atoms with Crippen molar-refractivity contribution in [3.05, 3.63) is 71.8 Å². The van der Waals surface area contributed by atoms with Crippen LogP contribution in [0.25, 0.3) is 0 Å². The van der Waals surface area contributed by atoms with Crippen molar-refractivity contribution in [3.63, 3.8) is 0 Å². The largest absolute Gasteiger partial charge is 0.378 e. The van der Waals surface area contributed by atoms with E-state index in [-0.39, 0.29) is 30.1 Å². The summed E-state index contributed by atoms with van der Waals surface area (Å²) < 4.78 is 5.39. The van der Waals surface area contributed by atoms with Crippen LogP contribution in [0.4, 0.5) is 0 Å². The van der Waals surface area contributed by atoms with Crippen molar-refractivity contribution >= 4 is 29.5 Å². The lowest BCUT2D eigenvalue weighted by Crippen LogP contribution is -2.59. The fraction of sp³-hybridized carbons (Fsp3) is 0.575. The second-order valence-electron chi connectivity index (χ2n) is 14.6. The van der Waals surface area contributed by atoms with E-state index in [1.54, 1.807) is 4.90 Å². The molecule has 0 radical (unpaired) electrons. The van der Waals surface area contributed by atoms with Crippen LogP contribution >= 0.6 is 0 Å². The average Bonchev–Trinajstić information content (AvgIpc) is 3.17. The van der Waals surface area contributed by atoms with Gasteiger partial charge in [-0.2, -0.15) is 0 Å². The van der Waals surface area contributed by atoms with E-state index < -0.39 is 41.9 Å². The van der Waals surface area contributed by atoms with Crippen molar-refractivity contribution in [2.45, 2.75) is 89.4 Å². The summed E-state index contributed by atoms with van der Waals surface area (Å²) in [6.07, 6.45) is 3.63. The quantitative estimate of drug-likeness (QED) is 0.143. The Morgan fingerprint density at radius 1 is 0.717 bits per heavy atom. The van der Waals surface area contributed by atoms with Gasteiger partial charge in [0.15, 0.2) is 0 Å². The molecule has 2 aromatic rings. The minimum Gasteiger partial charge on any atom is -0.378 e. The van der Waals surface area contributed by atoms with Crippen LogP contribution in [0.15, 0.2) is 60.7 Å². The maximum Gasteiger partial charge on any atom is 0.245 e. The topological polar surface area (TPSA) is 189 Å². The van der Waals surface area contributed by atoms with E-state index in [1.807, 2.05) is 79.4 Å². The summed E-state index contributed by atoms with van der Waals surface area (Å²) >= 11 is 0. The van der Waals surface area contributed by atoms with Crippen molar-refractivity contribution in [1.82, 2.24) is 25.8 Å². The summed E-state index contributed by atoms with van der Waals surface area (Å²) in [6, 6.07) is 15.1. The zero-order valence-corrected chi connectivity index (χ0v) is 31.3. The van der Waals surface area contributed by atoms with Crippen LogP contribution in [0.1, 0.15) is 63.5 Å². The molecule has 13 nitrogen and oxygen atoms in total. The van der Waals surface area contributed by atoms with Crippen LogP contribution in [-0.2, 0) is 41.6 Å². The van der Waals surface area contributed by atoms with Crippen molar-refractivity contribution in [2.75, 3.05) is 45.9 Å². The number of hydrogen-bond acceptors (Lipinski definition) is 8. The first-order chi connectivity index (χ1) is 25.5. The van der Waals surface area contributed by atoms with Gasteiger partial charge in [-0.1, -0.05) is 74.5 Å². The number of amides is 5. The van der Waals surface area contributed by atoms with E-state index in [0.717, 1.165) is 11.1 Å². The Balaban J connectivity index is 1.44. The number of carbonyl (C=O) groups excluding carboxylic acids is 5. The number of nitrogens with one attached hydrogen (secondary N) is 3. The Hall–Kier alpha value is -4.33. The van der Waals surface area contributed by atoms with Gasteiger partial charge in [0.1, 0.15) is 18.1 Å². The van der Waals surface area contributed by atoms with Gasteiger partial charge in [-0.15, -0.1) is 0 Å². The van der Waals surface area contributed by atoms with E-state index in [2.05, 4.69) is 16.0 Å². The third kappa shape index (κ3) is 13.2. The molecular weight excluding hydrogens is 674 g/mol. The first-order valence-corrected chi connectivity index (χ1v) is 19.2. The van der Waals surface area contributed by atoms with Crippen LogP contribution in [0, 0.1) is 11.8 Å². The zero-order chi connectivity index (χ0) is 38.2. The molecule has 53 heavy (non-hydrogen) atoms. The molecular formula is C40H59N7O6. The van der Waals surface area contributed by atoms with Gasteiger partial charge in [0.2, 0.25) is 29.5 Å². The van der Waals surface area contributed by atoms with Gasteiger partial charge in [0.25, 0.3) is 0 Å². The van der Waals surface area contributed by atoms with E-state index in [9.17, 15) is 24.0 Å². The molecule has 13 heteroatoms. The SMILES string of the molecule is CC(C)C[C@@H](NC(=O)[C@@H](Cc1ccccc1)NC(=O)C(N)Cc1ccccc1)C(=O)N[C@H](CCCCN)C(=O)N1CCC(C(=O)N2CCOCC2)CC1. The number of likely N-dealkylation sites (tertiary alicyclic amines) is 1. The lowest BCUT2D eigenvalue weighted by Gasteiger charge is -2.37. The van der Waals surface area contributed by atoms with Crippen LogP contribution in [0.5, 0.6) is 0 Å². The number of carbonyl (C=O) groups is 5. The molecule has 2 saturated heterocycles. The molecule has 5 amide bonds. The molecule has 0 aliphatic carbocycles. The lowest BCUT2D eigenvalue weighted by molar-refractivity contribution is -0.145. The molecule has 2 fully saturated rings. The molecule has 1 unspecified atom stereocenters. The molecule has 2 heterocycles. The highest BCUT2D eigenvalue weighted by atomic mass is 16.5. The van der Waals surface area contributed by atoms with E-state index in [0.29, 0.717) is 90.9 Å². The third-order valence-electron chi connectivity index (χ3n) is 9.93. The number of ether oxygens (including phenoxy) is 1. The van der Waals surface area contributed by atoms with Gasteiger partial charge in [-0.25, -0.2) is 0 Å². The van der Waals surface area contributed by atoms with Gasteiger partial charge in [-0.3, -0.25) is 24.0 Å². The number of piperidine rings is 1. The summed E-state index contributed by atoms with van der Waals surface area (Å²) in [6.45, 7) is 7.44. The third-order valence-corrected chi connectivity index (χ3v) is 9.93. The smallest absolute Gasteiger partial charge is 0.245 e. The van der Waals surface area contributed by atoms with Gasteiger partial charge >= 0.3 is 0 Å². The molecule has 2 aromatic carbocycles. The number of hydrogen-bond donors (Lipinski definition) is 5. The molecule has 2 aliphatic heterocycles. The summed E-state index contributed by atoms with van der Waals surface area (Å²) in [5, 5.41) is 8.70. The molecule has 2 aliphatic rings. The monoisotopic (exact) mass is 733 g/mol. The Bertz CT molecular complexity index is 1460. The molecule has 290 valence electrons. The number of nitrogens with two attached hydrogens (primary N) is 2. The molecule has 0 bridgehead atoms. The summed E-state index contributed by atoms with van der Waals surface area (Å²) in [5.74, 6) is -1.68. The van der Waals surface area contributed by atoms with E-state index in [1.165, 1.54) is 0 Å². The number of morpholine rings is 1. The second-order valence-corrected chi connectivity index (χ2v) is 14.6. The highest BCUT2D eigenvalue weighted by molar-refractivity contribution is 5.95. The number of rotatable bonds is 18. The highest BCUT2D eigenvalue weighted by Gasteiger charge is 2.35. The van der Waals surface area contributed by atoms with Gasteiger partial charge < -0.3 is 42.0 Å². The minimum atomic E-state index is -1.00. The molecule has 0 spiro atoms. The number of nitrogens with zero attached hydrogens (tertiary/aromatic N) is 2. The second kappa shape index (κ2) is 21.4. The minimum absolute atomic E-state index is 0.0296. The first-order valence-electron chi connectivity index (χ1n) is 19.2. The fourth-order valence-corrected chi connectivity index (χ4v) is 6.91. The van der Waals surface area contributed by atoms with Crippen molar-refractivity contribution < 1.29 is 28.7 Å². The molecule has 7 N–H and O–H groups in total. The Labute approximate surface area is 313 Å². The Morgan fingerprint density at radius 2 is 1.26 bits per heavy atom. The van der Waals surface area contributed by atoms with Crippen LogP contribution in [0.3, 0.4) is 0 Å². The van der Waals surface area contributed by atoms with Gasteiger partial charge in [-0.05, 0) is 68.5 Å². The Morgan fingerprint density at radius 3 is 1.85 bits per heavy atom. The van der Waals surface area contributed by atoms with Gasteiger partial charge in [0.05, 0.1) is 19.3 Å². The fourth-order valence-electron chi connectivity index (χ4n) is 6.91. The average molecular weight is 734 g/mol. The maximum absolute atomic E-state index is 14.0. The van der Waals surface area contributed by atoms with Crippen LogP contribution in [0.2, 0.25) is 0 Å². The molecule has 0 aromatic heterocycles. The van der Waals surface area contributed by atoms with E-state index >= 15 is 0 Å². The van der Waals surface area contributed by atoms with Crippen molar-refractivity contribution in [2.24, 2.45) is 23.3 Å². The Kier molecular flexibility index (Phi) is 16.7. The molecule has 4 atom stereocenters. The van der Waals surface area contributed by atoms with Gasteiger partial charge in [0, 0.05) is 38.5 Å².